The fourth-order valence-electron chi connectivity index (χ4n) is 4.44. The molecule has 2 aromatic carbocycles. The molecule has 0 radical (unpaired) electrons. The SMILES string of the molecule is COc1c2c(cc3c1[C@H](c1nnnn1-c1ccc(C(=O)NCCCO)cc1)N(C)CC3)OCO2. The zero-order chi connectivity index (χ0) is 23.7. The molecule has 1 atom stereocenters. The molecule has 0 saturated carbocycles. The monoisotopic (exact) mass is 466 g/mol. The zero-order valence-corrected chi connectivity index (χ0v) is 19.0. The van der Waals surface area contributed by atoms with Gasteiger partial charge in [0.05, 0.1) is 12.8 Å². The summed E-state index contributed by atoms with van der Waals surface area (Å²) in [5.74, 6) is 2.34. The van der Waals surface area contributed by atoms with Crippen LogP contribution in [-0.2, 0) is 6.42 Å². The molecule has 3 aromatic rings. The second-order valence-corrected chi connectivity index (χ2v) is 8.18. The van der Waals surface area contributed by atoms with Crippen molar-refractivity contribution in [1.82, 2.24) is 30.4 Å². The summed E-state index contributed by atoms with van der Waals surface area (Å²) in [6.07, 6.45) is 1.34. The van der Waals surface area contributed by atoms with Crippen LogP contribution in [0.25, 0.3) is 5.69 Å². The first-order chi connectivity index (χ1) is 16.6. The Morgan fingerprint density at radius 3 is 2.88 bits per heavy atom. The molecule has 0 fully saturated rings. The quantitative estimate of drug-likeness (QED) is 0.493. The third-order valence-corrected chi connectivity index (χ3v) is 6.13. The molecular weight excluding hydrogens is 440 g/mol. The highest BCUT2D eigenvalue weighted by atomic mass is 16.7. The van der Waals surface area contributed by atoms with Gasteiger partial charge < -0.3 is 24.6 Å². The van der Waals surface area contributed by atoms with Crippen molar-refractivity contribution in [2.45, 2.75) is 18.9 Å². The number of ether oxygens (including phenoxy) is 3. The summed E-state index contributed by atoms with van der Waals surface area (Å²) in [5.41, 5.74) is 3.31. The number of tetrazole rings is 1. The maximum atomic E-state index is 12.3. The van der Waals surface area contributed by atoms with Crippen LogP contribution < -0.4 is 19.5 Å². The van der Waals surface area contributed by atoms with Crippen LogP contribution >= 0.6 is 0 Å². The van der Waals surface area contributed by atoms with Crippen LogP contribution in [0.5, 0.6) is 17.2 Å². The van der Waals surface area contributed by atoms with Crippen molar-refractivity contribution >= 4 is 5.91 Å². The van der Waals surface area contributed by atoms with E-state index in [4.69, 9.17) is 19.3 Å². The molecule has 1 aromatic heterocycles. The predicted molar refractivity (Wildman–Crippen MR) is 120 cm³/mol. The van der Waals surface area contributed by atoms with Crippen molar-refractivity contribution in [2.24, 2.45) is 0 Å². The van der Waals surface area contributed by atoms with E-state index < -0.39 is 0 Å². The van der Waals surface area contributed by atoms with Gasteiger partial charge in [-0.1, -0.05) is 0 Å². The first kappa shape index (κ1) is 22.1. The van der Waals surface area contributed by atoms with E-state index in [9.17, 15) is 4.79 Å². The number of hydrogen-bond acceptors (Lipinski definition) is 9. The van der Waals surface area contributed by atoms with Gasteiger partial charge in [0.15, 0.2) is 17.3 Å². The van der Waals surface area contributed by atoms with E-state index in [-0.39, 0.29) is 25.3 Å². The number of aromatic nitrogens is 4. The predicted octanol–water partition coefficient (Wildman–Crippen LogP) is 1.09. The van der Waals surface area contributed by atoms with Crippen molar-refractivity contribution in [3.63, 3.8) is 0 Å². The van der Waals surface area contributed by atoms with E-state index in [0.29, 0.717) is 41.6 Å². The number of aliphatic hydroxyl groups is 1. The van der Waals surface area contributed by atoms with Gasteiger partial charge in [0.1, 0.15) is 6.04 Å². The second-order valence-electron chi connectivity index (χ2n) is 8.18. The van der Waals surface area contributed by atoms with E-state index in [2.05, 4.69) is 25.7 Å². The minimum atomic E-state index is -0.273. The number of nitrogens with zero attached hydrogens (tertiary/aromatic N) is 5. The Bertz CT molecular complexity index is 1200. The Labute approximate surface area is 196 Å². The van der Waals surface area contributed by atoms with Crippen molar-refractivity contribution < 1.29 is 24.1 Å². The third-order valence-electron chi connectivity index (χ3n) is 6.13. The number of amides is 1. The van der Waals surface area contributed by atoms with Gasteiger partial charge in [-0.05, 0) is 66.2 Å². The van der Waals surface area contributed by atoms with Crippen molar-refractivity contribution in [1.29, 1.82) is 0 Å². The highest BCUT2D eigenvalue weighted by molar-refractivity contribution is 5.94. The molecule has 11 heteroatoms. The molecule has 1 amide bonds. The van der Waals surface area contributed by atoms with E-state index in [1.807, 2.05) is 13.1 Å². The Kier molecular flexibility index (Phi) is 6.03. The molecule has 2 aliphatic heterocycles. The minimum absolute atomic E-state index is 0.0345. The molecule has 5 rings (SSSR count). The summed E-state index contributed by atoms with van der Waals surface area (Å²) >= 11 is 0. The molecule has 178 valence electrons. The van der Waals surface area contributed by atoms with Crippen molar-refractivity contribution in [3.05, 3.63) is 52.8 Å². The smallest absolute Gasteiger partial charge is 0.251 e. The standard InChI is InChI=1S/C23H26N6O5/c1-28-10-8-15-12-17-20(34-13-33-17)21(32-2)18(15)19(28)22-25-26-27-29(22)16-6-4-14(5-7-16)23(31)24-9-3-11-30/h4-7,12,19,30H,3,8-11,13H2,1-2H3,(H,24,31)/t19-/m1/s1. The van der Waals surface area contributed by atoms with Crippen LogP contribution in [0.15, 0.2) is 30.3 Å². The maximum Gasteiger partial charge on any atom is 0.251 e. The highest BCUT2D eigenvalue weighted by Gasteiger charge is 2.37. The van der Waals surface area contributed by atoms with Gasteiger partial charge in [-0.25, -0.2) is 0 Å². The van der Waals surface area contributed by atoms with E-state index in [1.165, 1.54) is 0 Å². The molecule has 0 unspecified atom stereocenters. The molecule has 3 heterocycles. The minimum Gasteiger partial charge on any atom is -0.492 e. The molecule has 11 nitrogen and oxygen atoms in total. The van der Waals surface area contributed by atoms with Gasteiger partial charge in [0, 0.05) is 30.8 Å². The number of methoxy groups -OCH3 is 1. The first-order valence-corrected chi connectivity index (χ1v) is 11.1. The molecule has 0 spiro atoms. The lowest BCUT2D eigenvalue weighted by atomic mass is 9.90. The van der Waals surface area contributed by atoms with Gasteiger partial charge in [-0.15, -0.1) is 5.10 Å². The van der Waals surface area contributed by atoms with Crippen LogP contribution in [-0.4, -0.2) is 76.8 Å². The number of rotatable bonds is 7. The van der Waals surface area contributed by atoms with Crippen molar-refractivity contribution in [3.8, 4) is 22.9 Å². The fourth-order valence-corrected chi connectivity index (χ4v) is 4.44. The topological polar surface area (TPSA) is 124 Å². The maximum absolute atomic E-state index is 12.3. The molecule has 0 bridgehead atoms. The number of likely N-dealkylation sites (N-methyl/N-ethyl adjacent to an activating group) is 1. The normalized spacial score (nSPS) is 16.9. The molecular formula is C23H26N6O5. The fraction of sp³-hybridized carbons (Fsp3) is 0.391. The number of aliphatic hydroxyl groups excluding tert-OH is 1. The molecule has 0 aliphatic carbocycles. The average molecular weight is 466 g/mol. The summed E-state index contributed by atoms with van der Waals surface area (Å²) in [5, 5.41) is 24.2. The van der Waals surface area contributed by atoms with Crippen molar-refractivity contribution in [2.75, 3.05) is 40.6 Å². The lowest BCUT2D eigenvalue weighted by molar-refractivity contribution is 0.0951. The lowest BCUT2D eigenvalue weighted by Crippen LogP contribution is -2.35. The number of carbonyl (C=O) groups excluding carboxylic acids is 1. The summed E-state index contributed by atoms with van der Waals surface area (Å²) in [6.45, 7) is 1.42. The van der Waals surface area contributed by atoms with Gasteiger partial charge in [0.25, 0.3) is 5.91 Å². The Morgan fingerprint density at radius 1 is 1.29 bits per heavy atom. The summed E-state index contributed by atoms with van der Waals surface area (Å²) in [6, 6.07) is 8.81. The lowest BCUT2D eigenvalue weighted by Gasteiger charge is -2.34. The average Bonchev–Trinajstić information content (AvgIpc) is 3.52. The molecule has 34 heavy (non-hydrogen) atoms. The number of fused-ring (bicyclic) bond motifs is 2. The van der Waals surface area contributed by atoms with Crippen LogP contribution in [0.4, 0.5) is 0 Å². The number of benzene rings is 2. The molecule has 2 aliphatic rings. The number of nitrogens with one attached hydrogen (secondary N) is 1. The number of carbonyl (C=O) groups is 1. The van der Waals surface area contributed by atoms with Crippen LogP contribution in [0.3, 0.4) is 0 Å². The highest BCUT2D eigenvalue weighted by Crippen LogP contribution is 2.50. The van der Waals surface area contributed by atoms with Crippen LogP contribution in [0.2, 0.25) is 0 Å². The van der Waals surface area contributed by atoms with Gasteiger partial charge >= 0.3 is 0 Å². The van der Waals surface area contributed by atoms with Gasteiger partial charge in [0.2, 0.25) is 12.5 Å². The Hall–Kier alpha value is -3.70. The van der Waals surface area contributed by atoms with Gasteiger partial charge in [-0.2, -0.15) is 4.68 Å². The van der Waals surface area contributed by atoms with Crippen LogP contribution in [0.1, 0.15) is 39.8 Å². The van der Waals surface area contributed by atoms with Gasteiger partial charge in [-0.3, -0.25) is 9.69 Å². The first-order valence-electron chi connectivity index (χ1n) is 11.1. The summed E-state index contributed by atoms with van der Waals surface area (Å²) in [7, 11) is 3.65. The third kappa shape index (κ3) is 3.82. The molecule has 0 saturated heterocycles. The molecule has 2 N–H and O–H groups in total. The largest absolute Gasteiger partial charge is 0.492 e. The summed E-state index contributed by atoms with van der Waals surface area (Å²) < 4.78 is 18.8. The van der Waals surface area contributed by atoms with E-state index in [1.54, 1.807) is 36.1 Å². The Balaban J connectivity index is 1.50. The van der Waals surface area contributed by atoms with Crippen LogP contribution in [0, 0.1) is 0 Å². The zero-order valence-electron chi connectivity index (χ0n) is 19.0. The Morgan fingerprint density at radius 2 is 2.12 bits per heavy atom. The van der Waals surface area contributed by atoms with E-state index >= 15 is 0 Å². The number of hydrogen-bond donors (Lipinski definition) is 2. The second kappa shape index (κ2) is 9.27. The summed E-state index contributed by atoms with van der Waals surface area (Å²) in [4.78, 5) is 14.5. The van der Waals surface area contributed by atoms with E-state index in [0.717, 1.165) is 29.8 Å².